The van der Waals surface area contributed by atoms with Crippen LogP contribution in [-0.4, -0.2) is 39.3 Å². The standard InChI is InChI=1S/C16H18FN3O2/c17-15-7-12(16(21)22)1-2-13(15)10-20-5-3-11(4-6-20)14-8-18-19-9-14/h1-2,7-9,11H,3-6,10H2,(H,18,19)(H,21,22). The number of nitrogens with one attached hydrogen (secondary N) is 1. The lowest BCUT2D eigenvalue weighted by atomic mass is 9.91. The number of carboxylic acids is 1. The van der Waals surface area contributed by atoms with Gasteiger partial charge < -0.3 is 5.11 Å². The minimum absolute atomic E-state index is 0.0140. The highest BCUT2D eigenvalue weighted by molar-refractivity contribution is 5.87. The molecule has 5 nitrogen and oxygen atoms in total. The zero-order chi connectivity index (χ0) is 15.5. The lowest BCUT2D eigenvalue weighted by molar-refractivity contribution is 0.0696. The molecule has 6 heteroatoms. The Morgan fingerprint density at radius 2 is 2.18 bits per heavy atom. The third kappa shape index (κ3) is 3.17. The number of halogens is 1. The molecular formula is C16H18FN3O2. The summed E-state index contributed by atoms with van der Waals surface area (Å²) in [4.78, 5) is 13.0. The first-order chi connectivity index (χ1) is 10.6. The smallest absolute Gasteiger partial charge is 0.335 e. The topological polar surface area (TPSA) is 69.2 Å². The lowest BCUT2D eigenvalue weighted by Gasteiger charge is -2.31. The monoisotopic (exact) mass is 303 g/mol. The summed E-state index contributed by atoms with van der Waals surface area (Å²) in [5.41, 5.74) is 1.77. The highest BCUT2D eigenvalue weighted by Gasteiger charge is 2.22. The van der Waals surface area contributed by atoms with E-state index in [9.17, 15) is 9.18 Å². The van der Waals surface area contributed by atoms with Crippen LogP contribution in [0.5, 0.6) is 0 Å². The summed E-state index contributed by atoms with van der Waals surface area (Å²) in [7, 11) is 0. The first kappa shape index (κ1) is 14.7. The number of aromatic nitrogens is 2. The highest BCUT2D eigenvalue weighted by atomic mass is 19.1. The van der Waals surface area contributed by atoms with Crippen LogP contribution >= 0.6 is 0 Å². The van der Waals surface area contributed by atoms with Gasteiger partial charge in [0.2, 0.25) is 0 Å². The van der Waals surface area contributed by atoms with Gasteiger partial charge in [-0.05, 0) is 49.5 Å². The van der Waals surface area contributed by atoms with E-state index in [0.29, 0.717) is 18.0 Å². The second-order valence-corrected chi connectivity index (χ2v) is 5.69. The maximum absolute atomic E-state index is 14.0. The first-order valence-electron chi connectivity index (χ1n) is 7.36. The fraction of sp³-hybridized carbons (Fsp3) is 0.375. The van der Waals surface area contributed by atoms with Crippen molar-refractivity contribution in [2.45, 2.75) is 25.3 Å². The molecule has 2 aromatic rings. The molecule has 22 heavy (non-hydrogen) atoms. The number of benzene rings is 1. The second kappa shape index (κ2) is 6.27. The maximum atomic E-state index is 14.0. The Labute approximate surface area is 127 Å². The third-order valence-corrected chi connectivity index (χ3v) is 4.27. The number of likely N-dealkylation sites (tertiary alicyclic amines) is 1. The molecule has 0 radical (unpaired) electrons. The Kier molecular flexibility index (Phi) is 4.20. The van der Waals surface area contributed by atoms with E-state index >= 15 is 0 Å². The van der Waals surface area contributed by atoms with Gasteiger partial charge in [0.05, 0.1) is 11.8 Å². The van der Waals surface area contributed by atoms with Crippen LogP contribution in [-0.2, 0) is 6.54 Å². The van der Waals surface area contributed by atoms with Gasteiger partial charge in [0.1, 0.15) is 5.82 Å². The molecule has 0 atom stereocenters. The molecule has 1 saturated heterocycles. The molecule has 2 N–H and O–H groups in total. The summed E-state index contributed by atoms with van der Waals surface area (Å²) in [5, 5.41) is 15.7. The van der Waals surface area contributed by atoms with Crippen LogP contribution < -0.4 is 0 Å². The van der Waals surface area contributed by atoms with Gasteiger partial charge in [0.15, 0.2) is 0 Å². The summed E-state index contributed by atoms with van der Waals surface area (Å²) in [6.45, 7) is 2.32. The van der Waals surface area contributed by atoms with Gasteiger partial charge in [0.25, 0.3) is 0 Å². The van der Waals surface area contributed by atoms with E-state index in [2.05, 4.69) is 15.1 Å². The average Bonchev–Trinajstić information content (AvgIpc) is 3.04. The molecule has 1 aromatic heterocycles. The number of rotatable bonds is 4. The van der Waals surface area contributed by atoms with E-state index in [1.165, 1.54) is 11.6 Å². The van der Waals surface area contributed by atoms with Crippen molar-refractivity contribution in [1.82, 2.24) is 15.1 Å². The molecule has 1 fully saturated rings. The quantitative estimate of drug-likeness (QED) is 0.911. The van der Waals surface area contributed by atoms with Crippen molar-refractivity contribution in [1.29, 1.82) is 0 Å². The molecule has 0 aliphatic carbocycles. The van der Waals surface area contributed by atoms with E-state index in [-0.39, 0.29) is 5.56 Å². The fourth-order valence-corrected chi connectivity index (χ4v) is 2.96. The number of carboxylic acid groups (broad SMARTS) is 1. The van der Waals surface area contributed by atoms with Crippen molar-refractivity contribution in [2.75, 3.05) is 13.1 Å². The predicted octanol–water partition coefficient (Wildman–Crippen LogP) is 2.63. The minimum atomic E-state index is -1.11. The molecule has 2 heterocycles. The van der Waals surface area contributed by atoms with Crippen molar-refractivity contribution in [3.8, 4) is 0 Å². The van der Waals surface area contributed by atoms with Gasteiger partial charge >= 0.3 is 5.97 Å². The number of aromatic carboxylic acids is 1. The Bertz CT molecular complexity index is 649. The van der Waals surface area contributed by atoms with Crippen molar-refractivity contribution in [2.24, 2.45) is 0 Å². The summed E-state index contributed by atoms with van der Waals surface area (Å²) >= 11 is 0. The molecule has 1 aliphatic heterocycles. The average molecular weight is 303 g/mol. The molecule has 116 valence electrons. The third-order valence-electron chi connectivity index (χ3n) is 4.27. The van der Waals surface area contributed by atoms with Crippen LogP contribution in [0, 0.1) is 5.82 Å². The first-order valence-corrected chi connectivity index (χ1v) is 7.36. The van der Waals surface area contributed by atoms with Gasteiger partial charge in [-0.25, -0.2) is 9.18 Å². The van der Waals surface area contributed by atoms with Gasteiger partial charge in [-0.15, -0.1) is 0 Å². The molecule has 1 aliphatic rings. The number of H-pyrrole nitrogens is 1. The van der Waals surface area contributed by atoms with Crippen LogP contribution in [0.3, 0.4) is 0 Å². The molecule has 0 spiro atoms. The van der Waals surface area contributed by atoms with E-state index in [1.54, 1.807) is 6.07 Å². The number of hydrogen-bond acceptors (Lipinski definition) is 3. The van der Waals surface area contributed by atoms with E-state index in [4.69, 9.17) is 5.11 Å². The van der Waals surface area contributed by atoms with Gasteiger partial charge in [-0.3, -0.25) is 10.00 Å². The SMILES string of the molecule is O=C(O)c1ccc(CN2CCC(c3cn[nH]c3)CC2)c(F)c1. The summed E-state index contributed by atoms with van der Waals surface area (Å²) in [6.07, 6.45) is 5.85. The summed E-state index contributed by atoms with van der Waals surface area (Å²) in [6, 6.07) is 4.12. The fourth-order valence-electron chi connectivity index (χ4n) is 2.96. The molecular weight excluding hydrogens is 285 g/mol. The number of hydrogen-bond donors (Lipinski definition) is 2. The maximum Gasteiger partial charge on any atom is 0.335 e. The number of carbonyl (C=O) groups is 1. The number of piperidine rings is 1. The van der Waals surface area contributed by atoms with E-state index < -0.39 is 11.8 Å². The predicted molar refractivity (Wildman–Crippen MR) is 79.2 cm³/mol. The molecule has 0 amide bonds. The molecule has 1 aromatic carbocycles. The lowest BCUT2D eigenvalue weighted by Crippen LogP contribution is -2.32. The Hall–Kier alpha value is -2.21. The van der Waals surface area contributed by atoms with Crippen molar-refractivity contribution in [3.63, 3.8) is 0 Å². The van der Waals surface area contributed by atoms with Crippen LogP contribution in [0.4, 0.5) is 4.39 Å². The van der Waals surface area contributed by atoms with Crippen LogP contribution in [0.1, 0.15) is 40.2 Å². The summed E-state index contributed by atoms with van der Waals surface area (Å²) < 4.78 is 14.0. The van der Waals surface area contributed by atoms with Gasteiger partial charge in [0, 0.05) is 18.3 Å². The molecule has 0 saturated carbocycles. The van der Waals surface area contributed by atoms with Gasteiger partial charge in [-0.1, -0.05) is 6.07 Å². The molecule has 0 bridgehead atoms. The van der Waals surface area contributed by atoms with Crippen LogP contribution in [0.25, 0.3) is 0 Å². The Morgan fingerprint density at radius 1 is 1.41 bits per heavy atom. The highest BCUT2D eigenvalue weighted by Crippen LogP contribution is 2.28. The van der Waals surface area contributed by atoms with Crippen LogP contribution in [0.2, 0.25) is 0 Å². The minimum Gasteiger partial charge on any atom is -0.478 e. The molecule has 0 unspecified atom stereocenters. The van der Waals surface area contributed by atoms with Crippen molar-refractivity contribution < 1.29 is 14.3 Å². The zero-order valence-corrected chi connectivity index (χ0v) is 12.1. The largest absolute Gasteiger partial charge is 0.478 e. The Morgan fingerprint density at radius 3 is 2.77 bits per heavy atom. The van der Waals surface area contributed by atoms with Gasteiger partial charge in [-0.2, -0.15) is 5.10 Å². The summed E-state index contributed by atoms with van der Waals surface area (Å²) in [5.74, 6) is -1.04. The number of nitrogens with zero attached hydrogens (tertiary/aromatic N) is 2. The van der Waals surface area contributed by atoms with E-state index in [0.717, 1.165) is 32.0 Å². The second-order valence-electron chi connectivity index (χ2n) is 5.69. The zero-order valence-electron chi connectivity index (χ0n) is 12.1. The van der Waals surface area contributed by atoms with Crippen molar-refractivity contribution in [3.05, 3.63) is 53.1 Å². The number of aromatic amines is 1. The van der Waals surface area contributed by atoms with Crippen molar-refractivity contribution >= 4 is 5.97 Å². The van der Waals surface area contributed by atoms with Crippen LogP contribution in [0.15, 0.2) is 30.6 Å². The molecule has 3 rings (SSSR count). The van der Waals surface area contributed by atoms with E-state index in [1.807, 2.05) is 12.4 Å². The normalized spacial score (nSPS) is 16.8. The Balaban J connectivity index is 1.60.